The summed E-state index contributed by atoms with van der Waals surface area (Å²) in [6.45, 7) is 4.68. The Morgan fingerprint density at radius 3 is 2.76 bits per heavy atom. The van der Waals surface area contributed by atoms with E-state index in [0.717, 1.165) is 32.8 Å². The number of ether oxygens (including phenoxy) is 1. The van der Waals surface area contributed by atoms with E-state index >= 15 is 0 Å². The number of rotatable bonds is 8. The predicted octanol–water partition coefficient (Wildman–Crippen LogP) is 2.12. The van der Waals surface area contributed by atoms with E-state index in [2.05, 4.69) is 51.4 Å². The van der Waals surface area contributed by atoms with Crippen LogP contribution in [-0.4, -0.2) is 45.3 Å². The van der Waals surface area contributed by atoms with Gasteiger partial charge in [-0.3, -0.25) is 0 Å². The molecule has 1 N–H and O–H groups in total. The molecular weight excluding hydrogens is 280 g/mol. The summed E-state index contributed by atoms with van der Waals surface area (Å²) >= 11 is 3.57. The third-order valence-electron chi connectivity index (χ3n) is 2.55. The maximum absolute atomic E-state index is 4.98. The van der Waals surface area contributed by atoms with Crippen LogP contribution in [0.3, 0.4) is 0 Å². The van der Waals surface area contributed by atoms with Crippen molar-refractivity contribution in [2.24, 2.45) is 0 Å². The Morgan fingerprint density at radius 2 is 2.06 bits per heavy atom. The number of nitrogens with one attached hydrogen (secondary N) is 1. The molecule has 1 aromatic carbocycles. The van der Waals surface area contributed by atoms with Crippen LogP contribution < -0.4 is 5.32 Å². The number of methoxy groups -OCH3 is 1. The summed E-state index contributed by atoms with van der Waals surface area (Å²) in [6, 6.07) is 8.35. The minimum Gasteiger partial charge on any atom is -0.383 e. The van der Waals surface area contributed by atoms with Crippen LogP contribution in [0.25, 0.3) is 0 Å². The average Bonchev–Trinajstić information content (AvgIpc) is 2.32. The minimum absolute atomic E-state index is 0.772. The largest absolute Gasteiger partial charge is 0.383 e. The summed E-state index contributed by atoms with van der Waals surface area (Å²) in [5.41, 5.74) is 1.33. The van der Waals surface area contributed by atoms with Crippen molar-refractivity contribution in [3.8, 4) is 0 Å². The fourth-order valence-electron chi connectivity index (χ4n) is 1.57. The summed E-state index contributed by atoms with van der Waals surface area (Å²) in [5.74, 6) is 0. The highest BCUT2D eigenvalue weighted by atomic mass is 79.9. The van der Waals surface area contributed by atoms with E-state index in [4.69, 9.17) is 4.74 Å². The maximum atomic E-state index is 4.98. The lowest BCUT2D eigenvalue weighted by Crippen LogP contribution is -2.30. The molecule has 0 aromatic heterocycles. The molecule has 0 fully saturated rings. The van der Waals surface area contributed by atoms with Crippen molar-refractivity contribution in [3.63, 3.8) is 0 Å². The molecule has 96 valence electrons. The van der Waals surface area contributed by atoms with Gasteiger partial charge in [-0.25, -0.2) is 0 Å². The van der Waals surface area contributed by atoms with Gasteiger partial charge in [0, 0.05) is 37.8 Å². The highest BCUT2D eigenvalue weighted by molar-refractivity contribution is 9.10. The average molecular weight is 301 g/mol. The number of nitrogens with zero attached hydrogens (tertiary/aromatic N) is 1. The molecule has 1 rings (SSSR count). The van der Waals surface area contributed by atoms with Crippen molar-refractivity contribution >= 4 is 15.9 Å². The molecule has 0 aliphatic rings. The van der Waals surface area contributed by atoms with Gasteiger partial charge in [-0.1, -0.05) is 34.1 Å². The van der Waals surface area contributed by atoms with Gasteiger partial charge in [0.25, 0.3) is 0 Å². The standard InChI is InChI=1S/C13H21BrN2O/c1-16(9-7-15-8-10-17-2)11-12-5-3-4-6-13(12)14/h3-6,15H,7-11H2,1-2H3. The molecule has 0 unspecified atom stereocenters. The molecule has 0 amide bonds. The van der Waals surface area contributed by atoms with Crippen LogP contribution in [0.5, 0.6) is 0 Å². The van der Waals surface area contributed by atoms with Crippen molar-refractivity contribution in [3.05, 3.63) is 34.3 Å². The molecule has 1 aromatic rings. The first-order chi connectivity index (χ1) is 8.24. The second kappa shape index (κ2) is 8.64. The monoisotopic (exact) mass is 300 g/mol. The van der Waals surface area contributed by atoms with Crippen molar-refractivity contribution < 1.29 is 4.74 Å². The summed E-state index contributed by atoms with van der Waals surface area (Å²) < 4.78 is 6.16. The summed E-state index contributed by atoms with van der Waals surface area (Å²) in [5, 5.41) is 3.34. The molecule has 0 heterocycles. The van der Waals surface area contributed by atoms with Gasteiger partial charge in [-0.05, 0) is 18.7 Å². The van der Waals surface area contributed by atoms with Gasteiger partial charge in [0.05, 0.1) is 6.61 Å². The van der Waals surface area contributed by atoms with E-state index in [1.807, 2.05) is 6.07 Å². The Kier molecular flexibility index (Phi) is 7.44. The third kappa shape index (κ3) is 6.17. The van der Waals surface area contributed by atoms with Gasteiger partial charge in [0.1, 0.15) is 0 Å². The zero-order valence-corrected chi connectivity index (χ0v) is 12.2. The van der Waals surface area contributed by atoms with Gasteiger partial charge in [-0.2, -0.15) is 0 Å². The van der Waals surface area contributed by atoms with E-state index in [9.17, 15) is 0 Å². The van der Waals surface area contributed by atoms with E-state index in [1.165, 1.54) is 10.0 Å². The molecular formula is C13H21BrN2O. The molecule has 3 nitrogen and oxygen atoms in total. The zero-order chi connectivity index (χ0) is 12.5. The van der Waals surface area contributed by atoms with E-state index in [1.54, 1.807) is 7.11 Å². The third-order valence-corrected chi connectivity index (χ3v) is 3.32. The topological polar surface area (TPSA) is 24.5 Å². The normalized spacial score (nSPS) is 11.1. The molecule has 0 saturated heterocycles. The fraction of sp³-hybridized carbons (Fsp3) is 0.538. The minimum atomic E-state index is 0.772. The number of hydrogen-bond donors (Lipinski definition) is 1. The van der Waals surface area contributed by atoms with Gasteiger partial charge >= 0.3 is 0 Å². The van der Waals surface area contributed by atoms with Gasteiger partial charge in [-0.15, -0.1) is 0 Å². The van der Waals surface area contributed by atoms with Crippen LogP contribution in [-0.2, 0) is 11.3 Å². The molecule has 0 aliphatic heterocycles. The van der Waals surface area contributed by atoms with Crippen molar-refractivity contribution in [1.29, 1.82) is 0 Å². The Balaban J connectivity index is 2.21. The molecule has 0 atom stereocenters. The molecule has 0 spiro atoms. The van der Waals surface area contributed by atoms with Gasteiger partial charge in [0.15, 0.2) is 0 Å². The first-order valence-electron chi connectivity index (χ1n) is 5.85. The van der Waals surface area contributed by atoms with Crippen LogP contribution in [0.4, 0.5) is 0 Å². The second-order valence-electron chi connectivity index (χ2n) is 4.07. The van der Waals surface area contributed by atoms with E-state index in [0.29, 0.717) is 0 Å². The lowest BCUT2D eigenvalue weighted by molar-refractivity contribution is 0.197. The van der Waals surface area contributed by atoms with Crippen LogP contribution in [0, 0.1) is 0 Å². The quantitative estimate of drug-likeness (QED) is 0.744. The van der Waals surface area contributed by atoms with E-state index in [-0.39, 0.29) is 0 Å². The Hall–Kier alpha value is -0.420. The number of likely N-dealkylation sites (N-methyl/N-ethyl adjacent to an activating group) is 1. The SMILES string of the molecule is COCCNCCN(C)Cc1ccccc1Br. The van der Waals surface area contributed by atoms with Crippen LogP contribution in [0.1, 0.15) is 5.56 Å². The smallest absolute Gasteiger partial charge is 0.0587 e. The van der Waals surface area contributed by atoms with E-state index < -0.39 is 0 Å². The molecule has 0 saturated carbocycles. The number of benzene rings is 1. The Bertz CT molecular complexity index is 320. The lowest BCUT2D eigenvalue weighted by atomic mass is 10.2. The Labute approximate surface area is 112 Å². The lowest BCUT2D eigenvalue weighted by Gasteiger charge is -2.17. The van der Waals surface area contributed by atoms with Crippen LogP contribution in [0.2, 0.25) is 0 Å². The molecule has 0 aliphatic carbocycles. The van der Waals surface area contributed by atoms with Crippen molar-refractivity contribution in [2.45, 2.75) is 6.54 Å². The van der Waals surface area contributed by atoms with Crippen molar-refractivity contribution in [1.82, 2.24) is 10.2 Å². The Morgan fingerprint density at radius 1 is 1.29 bits per heavy atom. The fourth-order valence-corrected chi connectivity index (χ4v) is 1.98. The predicted molar refractivity (Wildman–Crippen MR) is 75.2 cm³/mol. The van der Waals surface area contributed by atoms with Gasteiger partial charge < -0.3 is 15.0 Å². The van der Waals surface area contributed by atoms with Crippen LogP contribution in [0.15, 0.2) is 28.7 Å². The molecule has 0 radical (unpaired) electrons. The summed E-state index contributed by atoms with van der Waals surface area (Å²) in [4.78, 5) is 2.31. The number of hydrogen-bond acceptors (Lipinski definition) is 3. The first-order valence-corrected chi connectivity index (χ1v) is 6.65. The highest BCUT2D eigenvalue weighted by Gasteiger charge is 2.02. The molecule has 0 bridgehead atoms. The number of halogens is 1. The highest BCUT2D eigenvalue weighted by Crippen LogP contribution is 2.16. The maximum Gasteiger partial charge on any atom is 0.0587 e. The molecule has 17 heavy (non-hydrogen) atoms. The summed E-state index contributed by atoms with van der Waals surface area (Å²) in [6.07, 6.45) is 0. The van der Waals surface area contributed by atoms with Gasteiger partial charge in [0.2, 0.25) is 0 Å². The second-order valence-corrected chi connectivity index (χ2v) is 4.93. The first kappa shape index (κ1) is 14.6. The van der Waals surface area contributed by atoms with Crippen molar-refractivity contribution in [2.75, 3.05) is 40.4 Å². The molecule has 4 heteroatoms. The summed E-state index contributed by atoms with van der Waals surface area (Å²) in [7, 11) is 3.86. The zero-order valence-electron chi connectivity index (χ0n) is 10.6. The van der Waals surface area contributed by atoms with Crippen LogP contribution >= 0.6 is 15.9 Å².